The van der Waals surface area contributed by atoms with E-state index < -0.39 is 0 Å². The van der Waals surface area contributed by atoms with Crippen LogP contribution < -0.4 is 0 Å². The summed E-state index contributed by atoms with van der Waals surface area (Å²) in [4.78, 5) is 10.6. The molecule has 164 valence electrons. The summed E-state index contributed by atoms with van der Waals surface area (Å²) >= 11 is 1.68. The van der Waals surface area contributed by atoms with Crippen LogP contribution in [0.4, 0.5) is 0 Å². The molecule has 3 aromatic heterocycles. The van der Waals surface area contributed by atoms with Crippen LogP contribution in [0, 0.1) is 13.8 Å². The van der Waals surface area contributed by atoms with Gasteiger partial charge in [-0.2, -0.15) is 0 Å². The Morgan fingerprint density at radius 1 is 0.676 bits per heavy atom. The summed E-state index contributed by atoms with van der Waals surface area (Å²) in [5, 5.41) is 3.47. The average Bonchev–Trinajstić information content (AvgIpc) is 3.20. The predicted octanol–water partition coefficient (Wildman–Crippen LogP) is 8.01. The van der Waals surface area contributed by atoms with E-state index in [-0.39, 0.29) is 0 Å². The fraction of sp³-hybridized carbons (Fsp3) is 0.0667. The van der Waals surface area contributed by atoms with Crippen molar-refractivity contribution in [2.75, 3.05) is 0 Å². The van der Waals surface area contributed by atoms with Crippen molar-refractivity contribution >= 4 is 33.6 Å². The van der Waals surface area contributed by atoms with Gasteiger partial charge in [0.05, 0.1) is 11.0 Å². The number of rotatable bonds is 4. The maximum Gasteiger partial charge on any atom is 0.137 e. The quantitative estimate of drug-likeness (QED) is 0.269. The Morgan fingerprint density at radius 3 is 2.35 bits per heavy atom. The molecule has 4 heteroatoms. The molecule has 0 aliphatic rings. The number of para-hydroxylation sites is 1. The van der Waals surface area contributed by atoms with Gasteiger partial charge in [0.25, 0.3) is 0 Å². The minimum Gasteiger partial charge on any atom is -0.294 e. The second-order valence-electron chi connectivity index (χ2n) is 8.45. The lowest BCUT2D eigenvalue weighted by Gasteiger charge is -2.10. The minimum atomic E-state index is 0.950. The third kappa shape index (κ3) is 3.66. The third-order valence-electron chi connectivity index (χ3n) is 6.27. The van der Waals surface area contributed by atoms with Gasteiger partial charge in [-0.15, -0.1) is 0 Å². The second kappa shape index (κ2) is 8.47. The van der Waals surface area contributed by atoms with Crippen molar-refractivity contribution in [2.24, 2.45) is 0 Å². The number of hydrogen-bond donors (Lipinski definition) is 0. The summed E-state index contributed by atoms with van der Waals surface area (Å²) in [6.45, 7) is 4.18. The first-order valence-corrected chi connectivity index (χ1v) is 12.2. The van der Waals surface area contributed by atoms with Gasteiger partial charge in [0.1, 0.15) is 10.8 Å². The molecule has 0 atom stereocenters. The number of pyridine rings is 2. The fourth-order valence-corrected chi connectivity index (χ4v) is 5.24. The van der Waals surface area contributed by atoms with E-state index in [0.29, 0.717) is 0 Å². The number of benzene rings is 3. The summed E-state index contributed by atoms with van der Waals surface area (Å²) in [5.74, 6) is 0.950. The molecule has 0 aliphatic carbocycles. The fourth-order valence-electron chi connectivity index (χ4n) is 4.41. The summed E-state index contributed by atoms with van der Waals surface area (Å²) in [5.41, 5.74) is 6.96. The molecule has 0 amide bonds. The van der Waals surface area contributed by atoms with Gasteiger partial charge in [-0.3, -0.25) is 4.57 Å². The molecule has 3 heterocycles. The topological polar surface area (TPSA) is 30.7 Å². The summed E-state index contributed by atoms with van der Waals surface area (Å²) in [6, 6.07) is 34.3. The Kier molecular flexibility index (Phi) is 5.16. The maximum atomic E-state index is 4.93. The standard InChI is InChI=1S/C30H23N3S/c1-20-13-16-29(32-21(20)2)33-27-11-4-3-10-25(27)26-15-14-23(19-28(26)33)22-8-7-9-24(18-22)34-30-12-5-6-17-31-30/h3-19H,1-2H3. The summed E-state index contributed by atoms with van der Waals surface area (Å²) < 4.78 is 2.28. The molecule has 0 N–H and O–H groups in total. The summed E-state index contributed by atoms with van der Waals surface area (Å²) in [6.07, 6.45) is 1.83. The number of aromatic nitrogens is 3. The molecule has 0 fully saturated rings. The SMILES string of the molecule is Cc1ccc(-n2c3ccccc3c3ccc(-c4cccc(Sc5ccccn5)c4)cc32)nc1C. The van der Waals surface area contributed by atoms with Crippen LogP contribution in [-0.4, -0.2) is 14.5 Å². The zero-order chi connectivity index (χ0) is 23.1. The van der Waals surface area contributed by atoms with Crippen LogP contribution >= 0.6 is 11.8 Å². The van der Waals surface area contributed by atoms with Gasteiger partial charge in [-0.05, 0) is 73.0 Å². The zero-order valence-corrected chi connectivity index (χ0v) is 19.9. The van der Waals surface area contributed by atoms with Gasteiger partial charge in [0.2, 0.25) is 0 Å². The molecule has 6 rings (SSSR count). The van der Waals surface area contributed by atoms with Crippen molar-refractivity contribution in [3.63, 3.8) is 0 Å². The highest BCUT2D eigenvalue weighted by Crippen LogP contribution is 2.36. The Bertz CT molecular complexity index is 1650. The van der Waals surface area contributed by atoms with Gasteiger partial charge in [-0.25, -0.2) is 9.97 Å². The van der Waals surface area contributed by atoms with Gasteiger partial charge >= 0.3 is 0 Å². The summed E-state index contributed by atoms with van der Waals surface area (Å²) in [7, 11) is 0. The highest BCUT2D eigenvalue weighted by Gasteiger charge is 2.14. The molecule has 0 radical (unpaired) electrons. The second-order valence-corrected chi connectivity index (χ2v) is 9.55. The molecule has 0 aliphatic heterocycles. The monoisotopic (exact) mass is 457 g/mol. The molecule has 0 unspecified atom stereocenters. The molecule has 3 nitrogen and oxygen atoms in total. The van der Waals surface area contributed by atoms with E-state index in [1.807, 2.05) is 24.4 Å². The largest absolute Gasteiger partial charge is 0.294 e. The molecule has 0 saturated carbocycles. The van der Waals surface area contributed by atoms with Gasteiger partial charge in [0.15, 0.2) is 0 Å². The molecule has 34 heavy (non-hydrogen) atoms. The number of nitrogens with zero attached hydrogens (tertiary/aromatic N) is 3. The van der Waals surface area contributed by atoms with Crippen LogP contribution in [0.15, 0.2) is 113 Å². The average molecular weight is 458 g/mol. The van der Waals surface area contributed by atoms with Crippen molar-refractivity contribution < 1.29 is 0 Å². The van der Waals surface area contributed by atoms with Gasteiger partial charge < -0.3 is 0 Å². The molecular weight excluding hydrogens is 434 g/mol. The number of fused-ring (bicyclic) bond motifs is 3. The zero-order valence-electron chi connectivity index (χ0n) is 19.1. The van der Waals surface area contributed by atoms with E-state index in [2.05, 4.69) is 102 Å². The van der Waals surface area contributed by atoms with Crippen molar-refractivity contribution in [3.8, 4) is 16.9 Å². The number of hydrogen-bond acceptors (Lipinski definition) is 3. The minimum absolute atomic E-state index is 0.950. The smallest absolute Gasteiger partial charge is 0.137 e. The Morgan fingerprint density at radius 2 is 1.50 bits per heavy atom. The Hall–Kier alpha value is -3.89. The lowest BCUT2D eigenvalue weighted by molar-refractivity contribution is 1.03. The van der Waals surface area contributed by atoms with Crippen molar-refractivity contribution in [1.82, 2.24) is 14.5 Å². The third-order valence-corrected chi connectivity index (χ3v) is 7.21. The molecular formula is C30H23N3S. The van der Waals surface area contributed by atoms with Crippen LogP contribution in [0.25, 0.3) is 38.8 Å². The highest BCUT2D eigenvalue weighted by atomic mass is 32.2. The molecule has 0 spiro atoms. The van der Waals surface area contributed by atoms with E-state index in [1.54, 1.807) is 11.8 Å². The van der Waals surface area contributed by atoms with E-state index in [9.17, 15) is 0 Å². The lowest BCUT2D eigenvalue weighted by atomic mass is 10.0. The van der Waals surface area contributed by atoms with Crippen molar-refractivity contribution in [1.29, 1.82) is 0 Å². The number of aryl methyl sites for hydroxylation is 2. The molecule has 3 aromatic carbocycles. The Balaban J connectivity index is 1.51. The first-order chi connectivity index (χ1) is 16.7. The van der Waals surface area contributed by atoms with Crippen LogP contribution in [-0.2, 0) is 0 Å². The van der Waals surface area contributed by atoms with Gasteiger partial charge in [0, 0.05) is 27.6 Å². The van der Waals surface area contributed by atoms with Crippen LogP contribution in [0.3, 0.4) is 0 Å². The van der Waals surface area contributed by atoms with Gasteiger partial charge in [-0.1, -0.05) is 66.4 Å². The lowest BCUT2D eigenvalue weighted by Crippen LogP contribution is -1.99. The predicted molar refractivity (Wildman–Crippen MR) is 142 cm³/mol. The van der Waals surface area contributed by atoms with Crippen LogP contribution in [0.5, 0.6) is 0 Å². The molecule has 0 bridgehead atoms. The van der Waals surface area contributed by atoms with Crippen molar-refractivity contribution in [2.45, 2.75) is 23.8 Å². The normalized spacial score (nSPS) is 11.4. The molecule has 0 saturated heterocycles. The van der Waals surface area contributed by atoms with Crippen molar-refractivity contribution in [3.05, 3.63) is 115 Å². The van der Waals surface area contributed by atoms with E-state index >= 15 is 0 Å². The first kappa shape index (κ1) is 20.7. The van der Waals surface area contributed by atoms with E-state index in [1.165, 1.54) is 37.9 Å². The highest BCUT2D eigenvalue weighted by molar-refractivity contribution is 7.99. The van der Waals surface area contributed by atoms with E-state index in [0.717, 1.165) is 22.1 Å². The van der Waals surface area contributed by atoms with E-state index in [4.69, 9.17) is 4.98 Å². The Labute approximate surface area is 203 Å². The van der Waals surface area contributed by atoms with Crippen LogP contribution in [0.2, 0.25) is 0 Å². The van der Waals surface area contributed by atoms with Crippen LogP contribution in [0.1, 0.15) is 11.3 Å². The first-order valence-electron chi connectivity index (χ1n) is 11.3. The maximum absolute atomic E-state index is 4.93. The molecule has 6 aromatic rings.